The van der Waals surface area contributed by atoms with Crippen molar-refractivity contribution in [3.63, 3.8) is 0 Å². The van der Waals surface area contributed by atoms with E-state index < -0.39 is 11.8 Å². The number of aliphatic imine (C=N–C) groups is 1. The first kappa shape index (κ1) is 23.8. The Bertz CT molecular complexity index is 1100. The molecule has 1 saturated carbocycles. The molecule has 9 heteroatoms. The minimum atomic E-state index is -0.936. The fourth-order valence-corrected chi connectivity index (χ4v) is 4.67. The van der Waals surface area contributed by atoms with Gasteiger partial charge in [-0.05, 0) is 42.2 Å². The molecule has 2 heterocycles. The normalized spacial score (nSPS) is 23.7. The van der Waals surface area contributed by atoms with Crippen LogP contribution in [0.15, 0.2) is 41.5 Å². The van der Waals surface area contributed by atoms with Crippen molar-refractivity contribution in [2.24, 2.45) is 27.8 Å². The fraction of sp³-hybridized carbons (Fsp3) is 0.440. The van der Waals surface area contributed by atoms with E-state index in [0.29, 0.717) is 24.6 Å². The molecule has 1 aromatic carbocycles. The van der Waals surface area contributed by atoms with Crippen LogP contribution in [-0.4, -0.2) is 60.6 Å². The molecule has 0 bridgehead atoms. The van der Waals surface area contributed by atoms with Crippen LogP contribution in [0.1, 0.15) is 32.4 Å². The van der Waals surface area contributed by atoms with E-state index in [1.807, 2.05) is 36.5 Å². The predicted octanol–water partition coefficient (Wildman–Crippen LogP) is 2.10. The van der Waals surface area contributed by atoms with Crippen molar-refractivity contribution in [3.05, 3.63) is 42.2 Å². The number of aromatic amines is 1. The molecule has 6 N–H and O–H groups in total. The van der Waals surface area contributed by atoms with Crippen LogP contribution >= 0.6 is 0 Å². The molecule has 34 heavy (non-hydrogen) atoms. The fourth-order valence-electron chi connectivity index (χ4n) is 4.67. The van der Waals surface area contributed by atoms with E-state index in [1.54, 1.807) is 4.90 Å². The summed E-state index contributed by atoms with van der Waals surface area (Å²) in [6.45, 7) is 5.32. The van der Waals surface area contributed by atoms with Crippen molar-refractivity contribution in [2.75, 3.05) is 24.7 Å². The highest BCUT2D eigenvalue weighted by Gasteiger charge is 2.42. The number of anilines is 1. The minimum Gasteiger partial charge on any atom is -0.370 e. The Kier molecular flexibility index (Phi) is 6.67. The average Bonchev–Trinajstić information content (AvgIpc) is 3.39. The monoisotopic (exact) mass is 464 g/mol. The number of carbonyl (C=O) groups excluding carboxylic acids is 2. The Balaban J connectivity index is 1.64. The molecule has 1 aliphatic carbocycles. The van der Waals surface area contributed by atoms with Gasteiger partial charge in [-0.25, -0.2) is 0 Å². The average molecular weight is 465 g/mol. The van der Waals surface area contributed by atoms with E-state index in [-0.39, 0.29) is 30.0 Å². The highest BCUT2D eigenvalue weighted by atomic mass is 16.5. The van der Waals surface area contributed by atoms with Crippen LogP contribution in [-0.2, 0) is 14.3 Å². The summed E-state index contributed by atoms with van der Waals surface area (Å²) in [6.07, 6.45) is 4.55. The van der Waals surface area contributed by atoms with E-state index in [2.05, 4.69) is 18.8 Å². The number of nitrogens with zero attached hydrogens (tertiary/aromatic N) is 2. The second-order valence-corrected chi connectivity index (χ2v) is 9.53. The summed E-state index contributed by atoms with van der Waals surface area (Å²) in [4.78, 5) is 34.1. The number of morpholine rings is 1. The number of primary amides is 1. The summed E-state index contributed by atoms with van der Waals surface area (Å²) in [5.74, 6) is -1.61. The third-order valence-corrected chi connectivity index (χ3v) is 7.09. The van der Waals surface area contributed by atoms with Gasteiger partial charge in [-0.1, -0.05) is 26.0 Å². The van der Waals surface area contributed by atoms with Gasteiger partial charge in [0.25, 0.3) is 5.91 Å². The molecule has 3 unspecified atom stereocenters. The zero-order chi connectivity index (χ0) is 24.5. The number of hydrogen-bond donors (Lipinski definition) is 4. The number of carbonyl (C=O) groups is 2. The van der Waals surface area contributed by atoms with Crippen molar-refractivity contribution >= 4 is 29.4 Å². The van der Waals surface area contributed by atoms with Gasteiger partial charge in [0, 0.05) is 36.1 Å². The van der Waals surface area contributed by atoms with E-state index in [1.165, 1.54) is 0 Å². The Hall–Kier alpha value is -3.30. The molecular formula is C25H32N6O3. The molecule has 3 atom stereocenters. The molecule has 4 rings (SSSR count). The lowest BCUT2D eigenvalue weighted by Crippen LogP contribution is -2.41. The second kappa shape index (κ2) is 9.52. The predicted molar refractivity (Wildman–Crippen MR) is 132 cm³/mol. The van der Waals surface area contributed by atoms with Crippen molar-refractivity contribution in [1.29, 1.82) is 5.41 Å². The van der Waals surface area contributed by atoms with Crippen molar-refractivity contribution in [2.45, 2.75) is 38.8 Å². The van der Waals surface area contributed by atoms with Crippen LogP contribution in [0.25, 0.3) is 11.1 Å². The number of amides is 2. The molecule has 2 amide bonds. The lowest BCUT2D eigenvalue weighted by Gasteiger charge is -2.29. The summed E-state index contributed by atoms with van der Waals surface area (Å²) < 4.78 is 5.20. The Labute approximate surface area is 199 Å². The van der Waals surface area contributed by atoms with E-state index in [9.17, 15) is 9.59 Å². The number of rotatable bonds is 7. The molecule has 2 aliphatic rings. The number of H-pyrrole nitrogens is 1. The van der Waals surface area contributed by atoms with Gasteiger partial charge in [0.05, 0.1) is 24.1 Å². The summed E-state index contributed by atoms with van der Waals surface area (Å²) in [7, 11) is 0. The number of hydrogen-bond acceptors (Lipinski definition) is 6. The molecule has 0 spiro atoms. The quantitative estimate of drug-likeness (QED) is 0.464. The van der Waals surface area contributed by atoms with Gasteiger partial charge in [0.2, 0.25) is 5.91 Å². The van der Waals surface area contributed by atoms with Gasteiger partial charge in [0.1, 0.15) is 12.5 Å². The highest BCUT2D eigenvalue weighted by Crippen LogP contribution is 2.39. The standard InChI is InChI=1S/C25H32N6O3/c1-25(2)20(27)7-8-21(25)30-23(18(12-26)24(28)33)19-11-16(13-29-19)15-3-5-17(6-4-15)31-9-10-34-14-22(31)32/h3-6,11-13,18,20-21,26,29H,7-10,14,27H2,1-2H3,(H2,28,33). The molecule has 9 nitrogen and oxygen atoms in total. The van der Waals surface area contributed by atoms with Gasteiger partial charge in [0.15, 0.2) is 0 Å². The van der Waals surface area contributed by atoms with E-state index in [4.69, 9.17) is 26.6 Å². The number of ether oxygens (including phenoxy) is 1. The topological polar surface area (TPSA) is 151 Å². The Morgan fingerprint density at radius 2 is 2.03 bits per heavy atom. The van der Waals surface area contributed by atoms with Gasteiger partial charge >= 0.3 is 0 Å². The summed E-state index contributed by atoms with van der Waals surface area (Å²) >= 11 is 0. The molecule has 1 saturated heterocycles. The first-order valence-corrected chi connectivity index (χ1v) is 11.5. The number of aromatic nitrogens is 1. The summed E-state index contributed by atoms with van der Waals surface area (Å²) in [6, 6.07) is 9.57. The van der Waals surface area contributed by atoms with Crippen LogP contribution in [0, 0.1) is 16.7 Å². The zero-order valence-corrected chi connectivity index (χ0v) is 19.6. The number of nitrogens with one attached hydrogen (secondary N) is 2. The molecule has 180 valence electrons. The third kappa shape index (κ3) is 4.53. The van der Waals surface area contributed by atoms with Gasteiger partial charge < -0.3 is 31.5 Å². The van der Waals surface area contributed by atoms with Crippen LogP contribution in [0.5, 0.6) is 0 Å². The van der Waals surface area contributed by atoms with Gasteiger partial charge in [-0.15, -0.1) is 0 Å². The van der Waals surface area contributed by atoms with Gasteiger partial charge in [-0.2, -0.15) is 0 Å². The molecule has 0 radical (unpaired) electrons. The molecule has 2 aromatic rings. The molecule has 2 fully saturated rings. The van der Waals surface area contributed by atoms with Crippen molar-refractivity contribution in [1.82, 2.24) is 4.98 Å². The Morgan fingerprint density at radius 3 is 2.62 bits per heavy atom. The zero-order valence-electron chi connectivity index (χ0n) is 19.6. The molecule has 1 aromatic heterocycles. The minimum absolute atomic E-state index is 0.0191. The first-order valence-electron chi connectivity index (χ1n) is 11.5. The van der Waals surface area contributed by atoms with E-state index in [0.717, 1.165) is 35.9 Å². The lowest BCUT2D eigenvalue weighted by atomic mass is 9.84. The summed E-state index contributed by atoms with van der Waals surface area (Å²) in [5, 5.41) is 7.80. The van der Waals surface area contributed by atoms with Crippen molar-refractivity contribution in [3.8, 4) is 11.1 Å². The maximum absolute atomic E-state index is 12.1. The number of benzene rings is 1. The first-order chi connectivity index (χ1) is 16.2. The maximum atomic E-state index is 12.1. The summed E-state index contributed by atoms with van der Waals surface area (Å²) in [5.41, 5.74) is 15.5. The third-order valence-electron chi connectivity index (χ3n) is 7.09. The van der Waals surface area contributed by atoms with Crippen molar-refractivity contribution < 1.29 is 14.3 Å². The maximum Gasteiger partial charge on any atom is 0.253 e. The SMILES string of the molecule is CC1(C)C(N)CCC1N=C(c1cc(-c2ccc(N3CCOCC3=O)cc2)c[nH]1)C(C=N)C(N)=O. The largest absolute Gasteiger partial charge is 0.370 e. The smallest absolute Gasteiger partial charge is 0.253 e. The highest BCUT2D eigenvalue weighted by molar-refractivity contribution is 6.21. The van der Waals surface area contributed by atoms with Crippen LogP contribution < -0.4 is 16.4 Å². The van der Waals surface area contributed by atoms with E-state index >= 15 is 0 Å². The molecule has 1 aliphatic heterocycles. The lowest BCUT2D eigenvalue weighted by molar-refractivity contribution is -0.125. The number of nitrogens with two attached hydrogens (primary N) is 2. The van der Waals surface area contributed by atoms with Crippen LogP contribution in [0.4, 0.5) is 5.69 Å². The Morgan fingerprint density at radius 1 is 1.29 bits per heavy atom. The van der Waals surface area contributed by atoms with Crippen LogP contribution in [0.3, 0.4) is 0 Å². The van der Waals surface area contributed by atoms with Crippen LogP contribution in [0.2, 0.25) is 0 Å². The molecular weight excluding hydrogens is 432 g/mol. The second-order valence-electron chi connectivity index (χ2n) is 9.53. The van der Waals surface area contributed by atoms with Gasteiger partial charge in [-0.3, -0.25) is 14.6 Å².